The third-order valence-corrected chi connectivity index (χ3v) is 5.60. The molecule has 0 unspecified atom stereocenters. The number of rotatable bonds is 6. The number of hydrogen-bond acceptors (Lipinski definition) is 6. The molecule has 4 rings (SSSR count). The van der Waals surface area contributed by atoms with Crippen molar-refractivity contribution in [2.75, 3.05) is 31.1 Å². The zero-order valence-corrected chi connectivity index (χ0v) is 17.0. The molecular weight excluding hydrogens is 417 g/mol. The van der Waals surface area contributed by atoms with E-state index < -0.39 is 30.3 Å². The van der Waals surface area contributed by atoms with E-state index >= 15 is 0 Å². The molecule has 3 heterocycles. The summed E-state index contributed by atoms with van der Waals surface area (Å²) >= 11 is 0. The zero-order valence-electron chi connectivity index (χ0n) is 17.0. The van der Waals surface area contributed by atoms with Crippen molar-refractivity contribution in [3.05, 3.63) is 59.7 Å². The molecule has 0 spiro atoms. The highest BCUT2D eigenvalue weighted by Gasteiger charge is 2.33. The van der Waals surface area contributed by atoms with Crippen molar-refractivity contribution in [3.8, 4) is 6.07 Å². The van der Waals surface area contributed by atoms with Crippen LogP contribution in [0.3, 0.4) is 0 Å². The maximum Gasteiger partial charge on any atom is 0.325 e. The second-order valence-corrected chi connectivity index (χ2v) is 7.52. The van der Waals surface area contributed by atoms with Gasteiger partial charge in [0.05, 0.1) is 11.1 Å². The van der Waals surface area contributed by atoms with Crippen LogP contribution in [0.1, 0.15) is 17.2 Å². The number of anilines is 1. The van der Waals surface area contributed by atoms with Crippen LogP contribution in [0.5, 0.6) is 0 Å². The Morgan fingerprint density at radius 1 is 1.19 bits per heavy atom. The molecule has 10 heteroatoms. The van der Waals surface area contributed by atoms with E-state index in [1.165, 1.54) is 29.0 Å². The van der Waals surface area contributed by atoms with Crippen molar-refractivity contribution in [1.82, 2.24) is 14.5 Å². The fourth-order valence-electron chi connectivity index (χ4n) is 4.20. The number of halogens is 1. The van der Waals surface area contributed by atoms with Gasteiger partial charge in [0, 0.05) is 49.5 Å². The van der Waals surface area contributed by atoms with Gasteiger partial charge in [0.1, 0.15) is 30.3 Å². The lowest BCUT2D eigenvalue weighted by Gasteiger charge is -2.38. The van der Waals surface area contributed by atoms with Gasteiger partial charge in [-0.25, -0.2) is 9.37 Å². The predicted molar refractivity (Wildman–Crippen MR) is 113 cm³/mol. The van der Waals surface area contributed by atoms with E-state index in [0.29, 0.717) is 54.0 Å². The van der Waals surface area contributed by atoms with Gasteiger partial charge in [-0.05, 0) is 30.3 Å². The van der Waals surface area contributed by atoms with Crippen LogP contribution in [0.4, 0.5) is 10.2 Å². The Bertz CT molecular complexity index is 1230. The first kappa shape index (κ1) is 21.3. The summed E-state index contributed by atoms with van der Waals surface area (Å²) in [6.45, 7) is 1.32. The number of carbonyl (C=O) groups is 2. The van der Waals surface area contributed by atoms with Crippen molar-refractivity contribution in [2.24, 2.45) is 0 Å². The maximum atomic E-state index is 13.8. The average molecular weight is 437 g/mol. The number of carboxylic acids is 2. The van der Waals surface area contributed by atoms with Crippen LogP contribution in [0.25, 0.3) is 10.9 Å². The Labute approximate surface area is 182 Å². The highest BCUT2D eigenvalue weighted by atomic mass is 19.1. The van der Waals surface area contributed by atoms with E-state index in [-0.39, 0.29) is 0 Å². The van der Waals surface area contributed by atoms with Crippen LogP contribution < -0.4 is 4.90 Å². The summed E-state index contributed by atoms with van der Waals surface area (Å²) in [7, 11) is 0. The fourth-order valence-corrected chi connectivity index (χ4v) is 4.20. The molecule has 0 radical (unpaired) electrons. The van der Waals surface area contributed by atoms with Gasteiger partial charge in [-0.3, -0.25) is 14.5 Å². The number of hydrogen-bond donors (Lipinski definition) is 2. The van der Waals surface area contributed by atoms with Gasteiger partial charge in [-0.1, -0.05) is 0 Å². The molecule has 0 aliphatic carbocycles. The van der Waals surface area contributed by atoms with E-state index in [2.05, 4.69) is 11.1 Å². The van der Waals surface area contributed by atoms with E-state index in [4.69, 9.17) is 0 Å². The number of aromatic nitrogens is 2. The number of carboxylic acid groups (broad SMARTS) is 2. The first-order valence-corrected chi connectivity index (χ1v) is 9.96. The molecule has 1 saturated heterocycles. The van der Waals surface area contributed by atoms with E-state index in [0.717, 1.165) is 0 Å². The first-order chi connectivity index (χ1) is 15.4. The Kier molecular flexibility index (Phi) is 5.75. The summed E-state index contributed by atoms with van der Waals surface area (Å²) in [4.78, 5) is 31.6. The molecule has 1 aliphatic heterocycles. The summed E-state index contributed by atoms with van der Waals surface area (Å²) in [5.74, 6) is -2.15. The number of fused-ring (bicyclic) bond motifs is 1. The smallest absolute Gasteiger partial charge is 0.325 e. The van der Waals surface area contributed by atoms with Crippen LogP contribution in [-0.4, -0.2) is 62.8 Å². The highest BCUT2D eigenvalue weighted by Crippen LogP contribution is 2.32. The summed E-state index contributed by atoms with van der Waals surface area (Å²) in [5.41, 5.74) is 1.20. The fraction of sp³-hybridized carbons (Fsp3) is 0.273. The molecule has 9 nitrogen and oxygen atoms in total. The van der Waals surface area contributed by atoms with Crippen LogP contribution in [-0.2, 0) is 16.1 Å². The SMILES string of the molecule is N#Cc1cccnc1N1CCN([C@H](C(=O)O)c2cn(CC(=O)O)c3cc(F)ccc23)CC1. The molecule has 1 fully saturated rings. The van der Waals surface area contributed by atoms with Gasteiger partial charge in [0.15, 0.2) is 0 Å². The minimum absolute atomic E-state index is 0.333. The lowest BCUT2D eigenvalue weighted by Crippen LogP contribution is -2.49. The normalized spacial score (nSPS) is 15.4. The zero-order chi connectivity index (χ0) is 22.8. The second kappa shape index (κ2) is 8.64. The molecule has 0 bridgehead atoms. The third kappa shape index (κ3) is 3.98. The predicted octanol–water partition coefficient (Wildman–Crippen LogP) is 2.08. The molecule has 32 heavy (non-hydrogen) atoms. The highest BCUT2D eigenvalue weighted by molar-refractivity contribution is 5.90. The molecule has 0 saturated carbocycles. The first-order valence-electron chi connectivity index (χ1n) is 9.96. The molecule has 1 aromatic carbocycles. The number of aliphatic carboxylic acids is 2. The number of benzene rings is 1. The largest absolute Gasteiger partial charge is 0.480 e. The van der Waals surface area contributed by atoms with Crippen molar-refractivity contribution in [3.63, 3.8) is 0 Å². The monoisotopic (exact) mass is 437 g/mol. The van der Waals surface area contributed by atoms with Crippen LogP contribution in [0, 0.1) is 17.1 Å². The molecule has 1 atom stereocenters. The van der Waals surface area contributed by atoms with Gasteiger partial charge in [-0.15, -0.1) is 0 Å². The lowest BCUT2D eigenvalue weighted by molar-refractivity contribution is -0.143. The molecule has 0 amide bonds. The molecule has 164 valence electrons. The Morgan fingerprint density at radius 2 is 1.94 bits per heavy atom. The van der Waals surface area contributed by atoms with Gasteiger partial charge < -0.3 is 19.7 Å². The van der Waals surface area contributed by atoms with Crippen molar-refractivity contribution >= 4 is 28.7 Å². The molecule has 2 aromatic heterocycles. The number of nitriles is 1. The van der Waals surface area contributed by atoms with Gasteiger partial charge in [-0.2, -0.15) is 5.26 Å². The van der Waals surface area contributed by atoms with Crippen LogP contribution >= 0.6 is 0 Å². The van der Waals surface area contributed by atoms with Crippen molar-refractivity contribution in [1.29, 1.82) is 5.26 Å². The summed E-state index contributed by atoms with van der Waals surface area (Å²) in [6, 6.07) is 8.40. The Balaban J connectivity index is 1.64. The average Bonchev–Trinajstić information content (AvgIpc) is 3.10. The van der Waals surface area contributed by atoms with Crippen molar-refractivity contribution in [2.45, 2.75) is 12.6 Å². The Hall–Kier alpha value is -3.97. The van der Waals surface area contributed by atoms with E-state index in [9.17, 15) is 29.5 Å². The topological polar surface area (TPSA) is 123 Å². The summed E-state index contributed by atoms with van der Waals surface area (Å²) in [5, 5.41) is 29.1. The number of pyridine rings is 1. The van der Waals surface area contributed by atoms with Gasteiger partial charge in [0.25, 0.3) is 0 Å². The van der Waals surface area contributed by atoms with Gasteiger partial charge >= 0.3 is 11.9 Å². The maximum absolute atomic E-state index is 13.8. The van der Waals surface area contributed by atoms with Gasteiger partial charge in [0.2, 0.25) is 0 Å². The standard InChI is InChI=1S/C22H20FN5O4/c23-15-3-4-16-17(12-28(13-19(29)30)18(16)10-15)20(22(31)32)26-6-8-27(9-7-26)21-14(11-24)2-1-5-25-21/h1-5,10,12,20H,6-9,13H2,(H,29,30)(H,31,32)/t20-/m0/s1. The molecular formula is C22H20FN5O4. The second-order valence-electron chi connectivity index (χ2n) is 7.52. The lowest BCUT2D eigenvalue weighted by atomic mass is 10.0. The third-order valence-electron chi connectivity index (χ3n) is 5.60. The number of piperazine rings is 1. The number of nitrogens with zero attached hydrogens (tertiary/aromatic N) is 5. The summed E-state index contributed by atoms with van der Waals surface area (Å²) < 4.78 is 15.2. The van der Waals surface area contributed by atoms with E-state index in [1.807, 2.05) is 4.90 Å². The van der Waals surface area contributed by atoms with Crippen LogP contribution in [0.2, 0.25) is 0 Å². The molecule has 3 aromatic rings. The molecule has 2 N–H and O–H groups in total. The minimum atomic E-state index is -1.11. The minimum Gasteiger partial charge on any atom is -0.480 e. The Morgan fingerprint density at radius 3 is 2.59 bits per heavy atom. The quantitative estimate of drug-likeness (QED) is 0.601. The van der Waals surface area contributed by atoms with E-state index in [1.54, 1.807) is 23.2 Å². The van der Waals surface area contributed by atoms with Crippen molar-refractivity contribution < 1.29 is 24.2 Å². The van der Waals surface area contributed by atoms with Crippen LogP contribution in [0.15, 0.2) is 42.7 Å². The molecule has 1 aliphatic rings. The summed E-state index contributed by atoms with van der Waals surface area (Å²) in [6.07, 6.45) is 3.09.